The van der Waals surface area contributed by atoms with Gasteiger partial charge in [0.25, 0.3) is 0 Å². The maximum Gasteiger partial charge on any atom is 0.451 e. The fourth-order valence-corrected chi connectivity index (χ4v) is 3.43. The Bertz CT molecular complexity index is 865. The van der Waals surface area contributed by atoms with E-state index >= 15 is 0 Å². The Balaban J connectivity index is 1.69. The fourth-order valence-electron chi connectivity index (χ4n) is 3.43. The molecule has 1 aliphatic heterocycles. The molecule has 1 aromatic heterocycles. The van der Waals surface area contributed by atoms with Crippen LogP contribution in [0, 0.1) is 0 Å². The number of carbonyl (C=O) groups is 1. The van der Waals surface area contributed by atoms with E-state index in [2.05, 4.69) is 5.10 Å². The van der Waals surface area contributed by atoms with E-state index < -0.39 is 23.7 Å². The Kier molecular flexibility index (Phi) is 5.12. The number of hydrogen-bond donors (Lipinski definition) is 0. The van der Waals surface area contributed by atoms with Gasteiger partial charge in [-0.05, 0) is 25.3 Å². The molecule has 0 radical (unpaired) electrons. The number of rotatable bonds is 3. The number of benzene rings is 1. The average molecular weight is 382 g/mol. The molecule has 1 aromatic carbocycles. The first-order chi connectivity index (χ1) is 12.7. The summed E-state index contributed by atoms with van der Waals surface area (Å²) < 4.78 is 40.2. The number of alkyl halides is 3. The van der Waals surface area contributed by atoms with Crippen LogP contribution in [-0.2, 0) is 18.0 Å². The molecule has 1 fully saturated rings. The average Bonchev–Trinajstić information content (AvgIpc) is 2.97. The number of piperidine rings is 1. The van der Waals surface area contributed by atoms with Gasteiger partial charge in [0, 0.05) is 20.1 Å². The van der Waals surface area contributed by atoms with Gasteiger partial charge in [0.05, 0.1) is 12.0 Å². The van der Waals surface area contributed by atoms with E-state index in [1.807, 2.05) is 37.3 Å². The Morgan fingerprint density at radius 2 is 1.78 bits per heavy atom. The predicted octanol–water partition coefficient (Wildman–Crippen LogP) is 2.57. The van der Waals surface area contributed by atoms with Gasteiger partial charge in [0.2, 0.25) is 11.7 Å². The Hall–Kier alpha value is -2.58. The van der Waals surface area contributed by atoms with Crippen LogP contribution in [0.15, 0.2) is 35.1 Å². The summed E-state index contributed by atoms with van der Waals surface area (Å²) in [6, 6.07) is 8.96. The molecular formula is C18H21F3N4O2. The lowest BCUT2D eigenvalue weighted by molar-refractivity contribution is -0.147. The first-order valence-electron chi connectivity index (χ1n) is 8.76. The standard InChI is InChI=1S/C18H21F3N4O2/c1-12(13-6-4-3-5-7-13)15(26)24-10-8-14(9-11-24)25-17(27)23(2)16(22-25)18(19,20)21/h3-7,12,14H,8-11H2,1-2H3. The molecule has 2 aromatic rings. The lowest BCUT2D eigenvalue weighted by Crippen LogP contribution is -2.42. The van der Waals surface area contributed by atoms with Crippen LogP contribution in [0.3, 0.4) is 0 Å². The van der Waals surface area contributed by atoms with Gasteiger partial charge in [0.1, 0.15) is 0 Å². The first-order valence-corrected chi connectivity index (χ1v) is 8.76. The van der Waals surface area contributed by atoms with Crippen LogP contribution >= 0.6 is 0 Å². The molecule has 3 rings (SSSR count). The quantitative estimate of drug-likeness (QED) is 0.820. The second-order valence-corrected chi connectivity index (χ2v) is 6.80. The lowest BCUT2D eigenvalue weighted by Gasteiger charge is -2.33. The summed E-state index contributed by atoms with van der Waals surface area (Å²) in [5.41, 5.74) is 0.130. The third kappa shape index (κ3) is 3.77. The molecule has 1 atom stereocenters. The van der Waals surface area contributed by atoms with Crippen molar-refractivity contribution >= 4 is 5.91 Å². The largest absolute Gasteiger partial charge is 0.451 e. The molecule has 0 spiro atoms. The monoisotopic (exact) mass is 382 g/mol. The maximum atomic E-state index is 12.9. The number of amides is 1. The van der Waals surface area contributed by atoms with E-state index in [4.69, 9.17) is 0 Å². The van der Waals surface area contributed by atoms with Crippen LogP contribution in [0.4, 0.5) is 13.2 Å². The van der Waals surface area contributed by atoms with E-state index in [-0.39, 0.29) is 11.8 Å². The number of aromatic nitrogens is 3. The third-order valence-corrected chi connectivity index (χ3v) is 5.05. The minimum atomic E-state index is -4.68. The molecule has 1 unspecified atom stereocenters. The number of likely N-dealkylation sites (tertiary alicyclic amines) is 1. The van der Waals surface area contributed by atoms with Crippen LogP contribution in [0.25, 0.3) is 0 Å². The second-order valence-electron chi connectivity index (χ2n) is 6.80. The number of carbonyl (C=O) groups excluding carboxylic acids is 1. The van der Waals surface area contributed by atoms with Crippen molar-refractivity contribution in [2.24, 2.45) is 7.05 Å². The maximum absolute atomic E-state index is 12.9. The van der Waals surface area contributed by atoms with Gasteiger partial charge in [-0.15, -0.1) is 5.10 Å². The molecule has 9 heteroatoms. The van der Waals surface area contributed by atoms with Gasteiger partial charge in [0.15, 0.2) is 0 Å². The highest BCUT2D eigenvalue weighted by Gasteiger charge is 2.39. The molecule has 0 N–H and O–H groups in total. The van der Waals surface area contributed by atoms with E-state index in [0.29, 0.717) is 30.5 Å². The van der Waals surface area contributed by atoms with Crippen molar-refractivity contribution < 1.29 is 18.0 Å². The molecule has 0 saturated carbocycles. The number of nitrogens with zero attached hydrogens (tertiary/aromatic N) is 4. The van der Waals surface area contributed by atoms with E-state index in [0.717, 1.165) is 17.3 Å². The summed E-state index contributed by atoms with van der Waals surface area (Å²) in [5, 5.41) is 3.50. The van der Waals surface area contributed by atoms with E-state index in [1.165, 1.54) is 0 Å². The second kappa shape index (κ2) is 7.21. The van der Waals surface area contributed by atoms with E-state index in [1.54, 1.807) is 4.90 Å². The van der Waals surface area contributed by atoms with Gasteiger partial charge in [-0.3, -0.25) is 9.36 Å². The molecule has 27 heavy (non-hydrogen) atoms. The topological polar surface area (TPSA) is 60.1 Å². The molecule has 1 amide bonds. The highest BCUT2D eigenvalue weighted by molar-refractivity contribution is 5.83. The van der Waals surface area contributed by atoms with Crippen molar-refractivity contribution in [2.45, 2.75) is 37.9 Å². The Morgan fingerprint density at radius 1 is 1.19 bits per heavy atom. The number of halogens is 3. The zero-order valence-electron chi connectivity index (χ0n) is 15.1. The smallest absolute Gasteiger partial charge is 0.342 e. The van der Waals surface area contributed by atoms with Crippen molar-refractivity contribution in [3.63, 3.8) is 0 Å². The van der Waals surface area contributed by atoms with Crippen molar-refractivity contribution in [1.82, 2.24) is 19.2 Å². The molecular weight excluding hydrogens is 361 g/mol. The van der Waals surface area contributed by atoms with Crippen LogP contribution in [0.1, 0.15) is 43.1 Å². The zero-order chi connectivity index (χ0) is 19.8. The SMILES string of the molecule is CC(C(=O)N1CCC(n2nc(C(F)(F)F)n(C)c2=O)CC1)c1ccccc1. The zero-order valence-corrected chi connectivity index (χ0v) is 15.1. The van der Waals surface area contributed by atoms with Crippen LogP contribution in [0.2, 0.25) is 0 Å². The fraction of sp³-hybridized carbons (Fsp3) is 0.500. The van der Waals surface area contributed by atoms with Gasteiger partial charge in [-0.25, -0.2) is 9.48 Å². The summed E-state index contributed by atoms with van der Waals surface area (Å²) in [5.74, 6) is -1.52. The molecule has 146 valence electrons. The molecule has 6 nitrogen and oxygen atoms in total. The predicted molar refractivity (Wildman–Crippen MR) is 92.2 cm³/mol. The molecule has 0 aliphatic carbocycles. The van der Waals surface area contributed by atoms with Crippen molar-refractivity contribution in [3.8, 4) is 0 Å². The van der Waals surface area contributed by atoms with Gasteiger partial charge in [-0.1, -0.05) is 30.3 Å². The van der Waals surface area contributed by atoms with Crippen molar-refractivity contribution in [1.29, 1.82) is 0 Å². The summed E-state index contributed by atoms with van der Waals surface area (Å²) in [6.45, 7) is 2.60. The molecule has 2 heterocycles. The minimum absolute atomic E-state index is 0.0241. The first kappa shape index (κ1) is 19.2. The van der Waals surface area contributed by atoms with Crippen LogP contribution < -0.4 is 5.69 Å². The van der Waals surface area contributed by atoms with E-state index in [9.17, 15) is 22.8 Å². The van der Waals surface area contributed by atoms with Crippen LogP contribution in [0.5, 0.6) is 0 Å². The van der Waals surface area contributed by atoms with Crippen molar-refractivity contribution in [2.75, 3.05) is 13.1 Å². The summed E-state index contributed by atoms with van der Waals surface area (Å²) in [4.78, 5) is 26.5. The molecule has 1 aliphatic rings. The Labute approximate surface area is 154 Å². The minimum Gasteiger partial charge on any atom is -0.342 e. The summed E-state index contributed by atoms with van der Waals surface area (Å²) >= 11 is 0. The van der Waals surface area contributed by atoms with Gasteiger partial charge < -0.3 is 4.90 Å². The van der Waals surface area contributed by atoms with Crippen LogP contribution in [-0.4, -0.2) is 38.2 Å². The highest BCUT2D eigenvalue weighted by Crippen LogP contribution is 2.28. The number of hydrogen-bond acceptors (Lipinski definition) is 3. The van der Waals surface area contributed by atoms with Gasteiger partial charge >= 0.3 is 11.9 Å². The lowest BCUT2D eigenvalue weighted by atomic mass is 9.97. The summed E-state index contributed by atoms with van der Waals surface area (Å²) in [7, 11) is 1.06. The third-order valence-electron chi connectivity index (χ3n) is 5.05. The highest BCUT2D eigenvalue weighted by atomic mass is 19.4. The molecule has 0 bridgehead atoms. The normalized spacial score (nSPS) is 17.1. The Morgan fingerprint density at radius 3 is 2.30 bits per heavy atom. The van der Waals surface area contributed by atoms with Gasteiger partial charge in [-0.2, -0.15) is 13.2 Å². The molecule has 1 saturated heterocycles. The summed E-state index contributed by atoms with van der Waals surface area (Å²) in [6.07, 6.45) is -3.90. The van der Waals surface area contributed by atoms with Crippen molar-refractivity contribution in [3.05, 3.63) is 52.2 Å².